The molecular weight excluding hydrogens is 324 g/mol. The third kappa shape index (κ3) is 3.98. The van der Waals surface area contributed by atoms with E-state index >= 15 is 0 Å². The van der Waals surface area contributed by atoms with Gasteiger partial charge in [-0.15, -0.1) is 0 Å². The van der Waals surface area contributed by atoms with Crippen LogP contribution in [0.4, 0.5) is 17.2 Å². The quantitative estimate of drug-likeness (QED) is 0.845. The van der Waals surface area contributed by atoms with Crippen molar-refractivity contribution in [2.45, 2.75) is 44.6 Å². The minimum absolute atomic E-state index is 0.126. The molecule has 26 heavy (non-hydrogen) atoms. The monoisotopic (exact) mass is 350 g/mol. The predicted molar refractivity (Wildman–Crippen MR) is 106 cm³/mol. The van der Waals surface area contributed by atoms with Crippen molar-refractivity contribution in [1.29, 1.82) is 0 Å². The highest BCUT2D eigenvalue weighted by Crippen LogP contribution is 2.23. The molecule has 2 aliphatic rings. The summed E-state index contributed by atoms with van der Waals surface area (Å²) in [4.78, 5) is 19.2. The van der Waals surface area contributed by atoms with Gasteiger partial charge in [-0.25, -0.2) is 4.98 Å². The van der Waals surface area contributed by atoms with Crippen LogP contribution in [0, 0.1) is 0 Å². The van der Waals surface area contributed by atoms with Crippen LogP contribution in [0.25, 0.3) is 0 Å². The molecule has 5 heteroatoms. The smallest absolute Gasteiger partial charge is 0.257 e. The van der Waals surface area contributed by atoms with Gasteiger partial charge in [0.25, 0.3) is 5.91 Å². The Labute approximate surface area is 154 Å². The Morgan fingerprint density at radius 1 is 0.962 bits per heavy atom. The molecule has 1 saturated carbocycles. The van der Waals surface area contributed by atoms with E-state index in [-0.39, 0.29) is 5.91 Å². The van der Waals surface area contributed by atoms with Crippen LogP contribution in [-0.4, -0.2) is 30.0 Å². The van der Waals surface area contributed by atoms with Gasteiger partial charge in [0.1, 0.15) is 5.82 Å². The van der Waals surface area contributed by atoms with Gasteiger partial charge in [0, 0.05) is 36.7 Å². The predicted octanol–water partition coefficient (Wildman–Crippen LogP) is 4.29. The van der Waals surface area contributed by atoms with E-state index in [0.717, 1.165) is 24.6 Å². The molecular formula is C21H26N4O. The van der Waals surface area contributed by atoms with Crippen LogP contribution in [0.15, 0.2) is 42.6 Å². The van der Waals surface area contributed by atoms with E-state index in [0.29, 0.717) is 11.6 Å². The van der Waals surface area contributed by atoms with Gasteiger partial charge in [0.15, 0.2) is 0 Å². The SMILES string of the molecule is O=C(Nc1ccc(N2CCCC2)cc1)c1ccc(NC2CCCC2)nc1. The van der Waals surface area contributed by atoms with E-state index < -0.39 is 0 Å². The summed E-state index contributed by atoms with van der Waals surface area (Å²) in [6.45, 7) is 2.25. The lowest BCUT2D eigenvalue weighted by Crippen LogP contribution is -2.18. The van der Waals surface area contributed by atoms with E-state index in [1.165, 1.54) is 44.2 Å². The topological polar surface area (TPSA) is 57.3 Å². The van der Waals surface area contributed by atoms with Gasteiger partial charge in [0.2, 0.25) is 0 Å². The van der Waals surface area contributed by atoms with Crippen LogP contribution in [0.2, 0.25) is 0 Å². The number of amides is 1. The maximum absolute atomic E-state index is 12.4. The molecule has 1 aliphatic heterocycles. The average molecular weight is 350 g/mol. The summed E-state index contributed by atoms with van der Waals surface area (Å²) in [6.07, 6.45) is 9.15. The lowest BCUT2D eigenvalue weighted by molar-refractivity contribution is 0.102. The molecule has 0 unspecified atom stereocenters. The molecule has 1 aromatic carbocycles. The molecule has 2 aromatic rings. The van der Waals surface area contributed by atoms with E-state index in [2.05, 4.69) is 32.7 Å². The van der Waals surface area contributed by atoms with Gasteiger partial charge in [-0.3, -0.25) is 4.79 Å². The summed E-state index contributed by atoms with van der Waals surface area (Å²) < 4.78 is 0. The fourth-order valence-corrected chi connectivity index (χ4v) is 3.83. The second kappa shape index (κ2) is 7.77. The van der Waals surface area contributed by atoms with Crippen LogP contribution < -0.4 is 15.5 Å². The van der Waals surface area contributed by atoms with Crippen molar-refractivity contribution in [3.63, 3.8) is 0 Å². The van der Waals surface area contributed by atoms with Crippen molar-refractivity contribution in [2.75, 3.05) is 28.6 Å². The van der Waals surface area contributed by atoms with Crippen LogP contribution >= 0.6 is 0 Å². The highest BCUT2D eigenvalue weighted by Gasteiger charge is 2.15. The number of nitrogens with zero attached hydrogens (tertiary/aromatic N) is 2. The molecule has 2 N–H and O–H groups in total. The lowest BCUT2D eigenvalue weighted by Gasteiger charge is -2.17. The second-order valence-corrected chi connectivity index (χ2v) is 7.25. The number of hydrogen-bond donors (Lipinski definition) is 2. The molecule has 1 saturated heterocycles. The average Bonchev–Trinajstić information content (AvgIpc) is 3.37. The van der Waals surface area contributed by atoms with Crippen molar-refractivity contribution >= 4 is 23.1 Å². The number of carbonyl (C=O) groups is 1. The molecule has 5 nitrogen and oxygen atoms in total. The molecule has 1 aliphatic carbocycles. The highest BCUT2D eigenvalue weighted by atomic mass is 16.1. The fraction of sp³-hybridized carbons (Fsp3) is 0.429. The van der Waals surface area contributed by atoms with E-state index in [1.807, 2.05) is 24.3 Å². The first-order valence-corrected chi connectivity index (χ1v) is 9.67. The summed E-state index contributed by atoms with van der Waals surface area (Å²) in [5.41, 5.74) is 2.61. The van der Waals surface area contributed by atoms with Gasteiger partial charge in [0.05, 0.1) is 5.56 Å². The van der Waals surface area contributed by atoms with Crippen molar-refractivity contribution in [1.82, 2.24) is 4.98 Å². The Bertz CT molecular complexity index is 730. The molecule has 4 rings (SSSR count). The third-order valence-corrected chi connectivity index (χ3v) is 5.33. The molecule has 1 amide bonds. The largest absolute Gasteiger partial charge is 0.372 e. The maximum Gasteiger partial charge on any atom is 0.257 e. The zero-order valence-corrected chi connectivity index (χ0v) is 15.1. The summed E-state index contributed by atoms with van der Waals surface area (Å²) in [7, 11) is 0. The van der Waals surface area contributed by atoms with Crippen molar-refractivity contribution in [3.8, 4) is 0 Å². The Kier molecular flexibility index (Phi) is 5.04. The van der Waals surface area contributed by atoms with Gasteiger partial charge in [-0.2, -0.15) is 0 Å². The first kappa shape index (κ1) is 16.9. The van der Waals surface area contributed by atoms with Crippen LogP contribution in [0.3, 0.4) is 0 Å². The van der Waals surface area contributed by atoms with Gasteiger partial charge < -0.3 is 15.5 Å². The summed E-state index contributed by atoms with van der Waals surface area (Å²) >= 11 is 0. The second-order valence-electron chi connectivity index (χ2n) is 7.25. The number of aromatic nitrogens is 1. The summed E-state index contributed by atoms with van der Waals surface area (Å²) in [6, 6.07) is 12.3. The summed E-state index contributed by atoms with van der Waals surface area (Å²) in [5, 5.41) is 6.39. The Hall–Kier alpha value is -2.56. The Balaban J connectivity index is 1.35. The molecule has 2 fully saturated rings. The van der Waals surface area contributed by atoms with Crippen molar-refractivity contribution in [2.24, 2.45) is 0 Å². The van der Waals surface area contributed by atoms with Gasteiger partial charge >= 0.3 is 0 Å². The van der Waals surface area contributed by atoms with Crippen molar-refractivity contribution in [3.05, 3.63) is 48.2 Å². The minimum atomic E-state index is -0.126. The van der Waals surface area contributed by atoms with Gasteiger partial charge in [-0.1, -0.05) is 12.8 Å². The molecule has 136 valence electrons. The van der Waals surface area contributed by atoms with Crippen molar-refractivity contribution < 1.29 is 4.79 Å². The Morgan fingerprint density at radius 2 is 1.69 bits per heavy atom. The number of pyridine rings is 1. The molecule has 1 aromatic heterocycles. The number of benzene rings is 1. The van der Waals surface area contributed by atoms with E-state index in [1.54, 1.807) is 6.20 Å². The van der Waals surface area contributed by atoms with Crippen LogP contribution in [-0.2, 0) is 0 Å². The molecule has 0 spiro atoms. The molecule has 0 bridgehead atoms. The first-order valence-electron chi connectivity index (χ1n) is 9.67. The summed E-state index contributed by atoms with van der Waals surface area (Å²) in [5.74, 6) is 0.724. The zero-order valence-electron chi connectivity index (χ0n) is 15.1. The number of rotatable bonds is 5. The number of nitrogens with one attached hydrogen (secondary N) is 2. The normalized spacial score (nSPS) is 17.5. The minimum Gasteiger partial charge on any atom is -0.372 e. The maximum atomic E-state index is 12.4. The number of carbonyl (C=O) groups excluding carboxylic acids is 1. The first-order chi connectivity index (χ1) is 12.8. The standard InChI is InChI=1S/C21H26N4O/c26-21(16-7-12-20(22-15-16)23-17-5-1-2-6-17)24-18-8-10-19(11-9-18)25-13-3-4-14-25/h7-12,15,17H,1-6,13-14H2,(H,22,23)(H,24,26). The number of anilines is 3. The highest BCUT2D eigenvalue weighted by molar-refractivity contribution is 6.04. The molecule has 0 atom stereocenters. The van der Waals surface area contributed by atoms with Crippen LogP contribution in [0.5, 0.6) is 0 Å². The molecule has 2 heterocycles. The molecule has 0 radical (unpaired) electrons. The Morgan fingerprint density at radius 3 is 2.35 bits per heavy atom. The lowest BCUT2D eigenvalue weighted by atomic mass is 10.2. The van der Waals surface area contributed by atoms with Crippen LogP contribution in [0.1, 0.15) is 48.9 Å². The van der Waals surface area contributed by atoms with Gasteiger partial charge in [-0.05, 0) is 62.1 Å². The van der Waals surface area contributed by atoms with E-state index in [4.69, 9.17) is 0 Å². The fourth-order valence-electron chi connectivity index (χ4n) is 3.83. The number of hydrogen-bond acceptors (Lipinski definition) is 4. The van der Waals surface area contributed by atoms with E-state index in [9.17, 15) is 4.79 Å². The third-order valence-electron chi connectivity index (χ3n) is 5.33. The zero-order chi connectivity index (χ0) is 17.8.